The molecule has 0 N–H and O–H groups in total. The standard InChI is InChI=1S/C4H3NOS2/c1-5-3(6)2-8-4(5)7/h1H3. The number of thiocarbonyl (C=S) groups is 1. The fourth-order valence-electron chi connectivity index (χ4n) is 0.307. The Morgan fingerprint density at radius 2 is 2.50 bits per heavy atom. The Labute approximate surface area is 57.2 Å². The van der Waals surface area contributed by atoms with Gasteiger partial charge in [0, 0.05) is 7.05 Å². The number of carbonyl (C=O) groups excluding carboxylic acids is 1. The Hall–Kier alpha value is -0.0900. The maximum atomic E-state index is 10.5. The van der Waals surface area contributed by atoms with Crippen LogP contribution in [0, 0.1) is 5.75 Å². The molecule has 4 heteroatoms. The van der Waals surface area contributed by atoms with Crippen molar-refractivity contribution >= 4 is 34.2 Å². The van der Waals surface area contributed by atoms with E-state index in [-0.39, 0.29) is 5.91 Å². The summed E-state index contributed by atoms with van der Waals surface area (Å²) in [4.78, 5) is 11.9. The van der Waals surface area contributed by atoms with E-state index in [1.165, 1.54) is 16.7 Å². The Morgan fingerprint density at radius 1 is 1.88 bits per heavy atom. The number of nitrogens with zero attached hydrogens (tertiary/aromatic N) is 1. The minimum Gasteiger partial charge on any atom is -0.300 e. The molecule has 8 heavy (non-hydrogen) atoms. The zero-order valence-corrected chi connectivity index (χ0v) is 5.80. The number of thioether (sulfide) groups is 1. The number of carbonyl (C=O) groups is 1. The second-order valence-electron chi connectivity index (χ2n) is 1.33. The van der Waals surface area contributed by atoms with Crippen LogP contribution >= 0.6 is 24.0 Å². The van der Waals surface area contributed by atoms with Gasteiger partial charge in [0.05, 0.1) is 0 Å². The van der Waals surface area contributed by atoms with Gasteiger partial charge in [-0.1, -0.05) is 24.0 Å². The average Bonchev–Trinajstić information content (AvgIpc) is 1.98. The van der Waals surface area contributed by atoms with Gasteiger partial charge in [0.25, 0.3) is 0 Å². The van der Waals surface area contributed by atoms with Crippen molar-refractivity contribution in [2.24, 2.45) is 0 Å². The summed E-state index contributed by atoms with van der Waals surface area (Å²) in [5.74, 6) is 2.34. The van der Waals surface area contributed by atoms with E-state index in [1.807, 2.05) is 0 Å². The number of rotatable bonds is 0. The first-order valence-electron chi connectivity index (χ1n) is 1.96. The lowest BCUT2D eigenvalue weighted by atomic mass is 10.6. The van der Waals surface area contributed by atoms with Crippen molar-refractivity contribution in [3.63, 3.8) is 0 Å². The molecule has 1 amide bonds. The van der Waals surface area contributed by atoms with E-state index >= 15 is 0 Å². The maximum absolute atomic E-state index is 10.5. The van der Waals surface area contributed by atoms with Gasteiger partial charge in [-0.25, -0.2) is 0 Å². The molecule has 1 rings (SSSR count). The first kappa shape index (κ1) is 6.04. The van der Waals surface area contributed by atoms with Gasteiger partial charge in [-0.2, -0.15) is 0 Å². The SMILES string of the molecule is CN1C(=O)[C]SC1=S. The van der Waals surface area contributed by atoms with Crippen LogP contribution in [0.15, 0.2) is 0 Å². The van der Waals surface area contributed by atoms with Crippen LogP contribution in [0.2, 0.25) is 0 Å². The van der Waals surface area contributed by atoms with Gasteiger partial charge < -0.3 is 0 Å². The molecule has 2 nitrogen and oxygen atoms in total. The third-order valence-corrected chi connectivity index (χ3v) is 2.05. The second kappa shape index (κ2) is 2.03. The van der Waals surface area contributed by atoms with Gasteiger partial charge in [-0.3, -0.25) is 9.69 Å². The molecule has 0 aromatic rings. The van der Waals surface area contributed by atoms with Gasteiger partial charge >= 0.3 is 0 Å². The van der Waals surface area contributed by atoms with Gasteiger partial charge in [0.1, 0.15) is 4.32 Å². The molecule has 1 heterocycles. The lowest BCUT2D eigenvalue weighted by Gasteiger charge is -2.02. The predicted molar refractivity (Wildman–Crippen MR) is 36.2 cm³/mol. The van der Waals surface area contributed by atoms with Gasteiger partial charge in [-0.15, -0.1) is 0 Å². The van der Waals surface area contributed by atoms with Crippen LogP contribution in [0.25, 0.3) is 0 Å². The van der Waals surface area contributed by atoms with Gasteiger partial charge in [0.2, 0.25) is 5.91 Å². The number of hydrogen-bond donors (Lipinski definition) is 0. The van der Waals surface area contributed by atoms with Crippen LogP contribution < -0.4 is 0 Å². The van der Waals surface area contributed by atoms with Gasteiger partial charge in [-0.05, 0) is 0 Å². The van der Waals surface area contributed by atoms with E-state index in [0.29, 0.717) is 4.32 Å². The van der Waals surface area contributed by atoms with E-state index in [9.17, 15) is 4.79 Å². The van der Waals surface area contributed by atoms with Crippen LogP contribution in [0.1, 0.15) is 0 Å². The maximum Gasteiger partial charge on any atom is 0.248 e. The van der Waals surface area contributed by atoms with E-state index in [1.54, 1.807) is 7.05 Å². The van der Waals surface area contributed by atoms with Crippen molar-refractivity contribution in [1.29, 1.82) is 0 Å². The van der Waals surface area contributed by atoms with Crippen molar-refractivity contribution < 1.29 is 4.79 Å². The molecule has 0 atom stereocenters. The molecule has 0 aromatic carbocycles. The van der Waals surface area contributed by atoms with E-state index in [0.717, 1.165) is 0 Å². The van der Waals surface area contributed by atoms with E-state index < -0.39 is 0 Å². The summed E-state index contributed by atoms with van der Waals surface area (Å²) in [5, 5.41) is 0. The van der Waals surface area contributed by atoms with Crippen molar-refractivity contribution in [2.45, 2.75) is 0 Å². The zero-order valence-electron chi connectivity index (χ0n) is 4.17. The minimum absolute atomic E-state index is 0.139. The van der Waals surface area contributed by atoms with Crippen molar-refractivity contribution in [2.75, 3.05) is 7.05 Å². The Bertz CT molecular complexity index is 129. The summed E-state index contributed by atoms with van der Waals surface area (Å²) in [6.07, 6.45) is 0. The van der Waals surface area contributed by atoms with Crippen molar-refractivity contribution in [3.8, 4) is 0 Å². The van der Waals surface area contributed by atoms with Crippen LogP contribution in [0.4, 0.5) is 0 Å². The van der Waals surface area contributed by atoms with Crippen LogP contribution in [0.5, 0.6) is 0 Å². The molecule has 1 saturated heterocycles. The topological polar surface area (TPSA) is 20.3 Å². The van der Waals surface area contributed by atoms with Gasteiger partial charge in [0.15, 0.2) is 5.75 Å². The fraction of sp³-hybridized carbons (Fsp3) is 0.250. The average molecular weight is 145 g/mol. The number of hydrogen-bond acceptors (Lipinski definition) is 3. The molecule has 0 aromatic heterocycles. The molecule has 0 saturated carbocycles. The highest BCUT2D eigenvalue weighted by molar-refractivity contribution is 8.25. The zero-order chi connectivity index (χ0) is 6.15. The van der Waals surface area contributed by atoms with E-state index in [4.69, 9.17) is 12.2 Å². The molecular weight excluding hydrogens is 142 g/mol. The fourth-order valence-corrected chi connectivity index (χ4v) is 1.05. The molecule has 1 aliphatic heterocycles. The molecule has 0 unspecified atom stereocenters. The van der Waals surface area contributed by atoms with Crippen LogP contribution in [0.3, 0.4) is 0 Å². The summed E-state index contributed by atoms with van der Waals surface area (Å²) < 4.78 is 0.579. The first-order chi connectivity index (χ1) is 3.72. The largest absolute Gasteiger partial charge is 0.300 e. The summed E-state index contributed by atoms with van der Waals surface area (Å²) in [5.41, 5.74) is 0. The Morgan fingerprint density at radius 3 is 2.62 bits per heavy atom. The number of amides is 1. The monoisotopic (exact) mass is 145 g/mol. The summed E-state index contributed by atoms with van der Waals surface area (Å²) in [7, 11) is 1.64. The smallest absolute Gasteiger partial charge is 0.248 e. The third-order valence-electron chi connectivity index (χ3n) is 0.804. The summed E-state index contributed by atoms with van der Waals surface area (Å²) in [6, 6.07) is 0. The first-order valence-corrected chi connectivity index (χ1v) is 3.19. The molecule has 0 spiro atoms. The highest BCUT2D eigenvalue weighted by Gasteiger charge is 2.23. The molecule has 42 valence electrons. The highest BCUT2D eigenvalue weighted by Crippen LogP contribution is 2.20. The molecule has 0 bridgehead atoms. The van der Waals surface area contributed by atoms with Crippen LogP contribution in [-0.2, 0) is 4.79 Å². The Balaban J connectivity index is 2.70. The Kier molecular flexibility index (Phi) is 1.53. The summed E-state index contributed by atoms with van der Waals surface area (Å²) in [6.45, 7) is 0. The van der Waals surface area contributed by atoms with Crippen molar-refractivity contribution in [3.05, 3.63) is 5.75 Å². The molecule has 2 radical (unpaired) electrons. The lowest BCUT2D eigenvalue weighted by Crippen LogP contribution is -2.21. The molecular formula is C4H3NOS2. The summed E-state index contributed by atoms with van der Waals surface area (Å²) >= 11 is 5.90. The van der Waals surface area contributed by atoms with Crippen LogP contribution in [-0.4, -0.2) is 22.2 Å². The van der Waals surface area contributed by atoms with E-state index in [2.05, 4.69) is 5.75 Å². The third kappa shape index (κ3) is 0.855. The molecule has 1 aliphatic rings. The highest BCUT2D eigenvalue weighted by atomic mass is 32.2. The quantitative estimate of drug-likeness (QED) is 0.463. The lowest BCUT2D eigenvalue weighted by molar-refractivity contribution is -0.121. The second-order valence-corrected chi connectivity index (χ2v) is 2.77. The molecule has 0 aliphatic carbocycles. The van der Waals surface area contributed by atoms with Crippen molar-refractivity contribution in [1.82, 2.24) is 4.90 Å². The molecule has 1 fully saturated rings. The minimum atomic E-state index is -0.139. The predicted octanol–water partition coefficient (Wildman–Crippen LogP) is 0.515. The normalized spacial score (nSPS) is 20.4.